The first kappa shape index (κ1) is 22.7. The summed E-state index contributed by atoms with van der Waals surface area (Å²) in [6.45, 7) is 4.30. The number of carbonyl (C=O) groups excluding carboxylic acids is 1. The normalized spacial score (nSPS) is 13.3. The number of benzene rings is 2. The molecule has 5 rings (SSSR count). The van der Waals surface area contributed by atoms with Crippen LogP contribution in [0.15, 0.2) is 65.8 Å². The Morgan fingerprint density at radius 2 is 1.82 bits per heavy atom. The van der Waals surface area contributed by atoms with E-state index in [0.29, 0.717) is 22.6 Å². The van der Waals surface area contributed by atoms with Crippen LogP contribution in [0.3, 0.4) is 0 Å². The maximum absolute atomic E-state index is 13.2. The number of halogens is 1. The van der Waals surface area contributed by atoms with Crippen LogP contribution in [0.4, 0.5) is 0 Å². The van der Waals surface area contributed by atoms with Gasteiger partial charge in [-0.1, -0.05) is 53.7 Å². The van der Waals surface area contributed by atoms with Crippen LogP contribution in [0, 0.1) is 13.8 Å². The number of hydrogen-bond donors (Lipinski definition) is 0. The largest absolute Gasteiger partial charge is 0.484 e. The highest BCUT2D eigenvalue weighted by atomic mass is 35.5. The summed E-state index contributed by atoms with van der Waals surface area (Å²) in [6.07, 6.45) is 2.16. The number of thioether (sulfide) groups is 1. The summed E-state index contributed by atoms with van der Waals surface area (Å²) in [5, 5.41) is 10.1. The highest BCUT2D eigenvalue weighted by Crippen LogP contribution is 2.39. The number of ketones is 1. The highest BCUT2D eigenvalue weighted by molar-refractivity contribution is 7.99. The number of nitrogens with zero attached hydrogens (tertiary/aromatic N) is 4. The Balaban J connectivity index is 1.30. The van der Waals surface area contributed by atoms with Gasteiger partial charge in [0.25, 0.3) is 0 Å². The Bertz CT molecular complexity index is 1330. The van der Waals surface area contributed by atoms with Gasteiger partial charge in [-0.3, -0.25) is 9.36 Å². The van der Waals surface area contributed by atoms with E-state index in [9.17, 15) is 4.79 Å². The van der Waals surface area contributed by atoms with E-state index in [0.717, 1.165) is 46.5 Å². The minimum Gasteiger partial charge on any atom is -0.484 e. The van der Waals surface area contributed by atoms with Crippen molar-refractivity contribution in [3.8, 4) is 11.4 Å². The highest BCUT2D eigenvalue weighted by Gasteiger charge is 2.30. The molecular weight excluding hydrogens is 468 g/mol. The Kier molecular flexibility index (Phi) is 6.48. The lowest BCUT2D eigenvalue weighted by atomic mass is 10.2. The predicted molar refractivity (Wildman–Crippen MR) is 134 cm³/mol. The maximum Gasteiger partial charge on any atom is 0.192 e. The van der Waals surface area contributed by atoms with Crippen LogP contribution < -0.4 is 4.74 Å². The number of rotatable bonds is 9. The van der Waals surface area contributed by atoms with E-state index in [-0.39, 0.29) is 12.4 Å². The third-order valence-corrected chi connectivity index (χ3v) is 7.17. The lowest BCUT2D eigenvalue weighted by Gasteiger charge is -2.11. The van der Waals surface area contributed by atoms with Crippen LogP contribution in [0.1, 0.15) is 46.5 Å². The summed E-state index contributed by atoms with van der Waals surface area (Å²) in [5.74, 6) is 1.75. The van der Waals surface area contributed by atoms with Gasteiger partial charge in [0.1, 0.15) is 12.4 Å². The van der Waals surface area contributed by atoms with Gasteiger partial charge in [-0.25, -0.2) is 0 Å². The molecular formula is C26H25ClN4O2S. The molecule has 1 saturated carbocycles. The predicted octanol–water partition coefficient (Wildman–Crippen LogP) is 6.23. The van der Waals surface area contributed by atoms with E-state index in [2.05, 4.69) is 19.3 Å². The number of ether oxygens (including phenoxy) is 1. The molecule has 0 unspecified atom stereocenters. The molecule has 0 spiro atoms. The SMILES string of the molecule is Cc1cc(C(=O)CSc2nnc(COc3ccccc3Cl)n2C2CC2)c(C)n1-c1ccccc1. The third kappa shape index (κ3) is 4.63. The van der Waals surface area contributed by atoms with Crippen LogP contribution in [0.5, 0.6) is 5.75 Å². The van der Waals surface area contributed by atoms with Crippen molar-refractivity contribution >= 4 is 29.1 Å². The first-order chi connectivity index (χ1) is 16.5. The van der Waals surface area contributed by atoms with Gasteiger partial charge in [0, 0.05) is 28.7 Å². The molecule has 0 saturated heterocycles. The Morgan fingerprint density at radius 1 is 1.09 bits per heavy atom. The van der Waals surface area contributed by atoms with E-state index in [1.807, 2.05) is 68.4 Å². The van der Waals surface area contributed by atoms with Crippen LogP contribution in [-0.4, -0.2) is 30.9 Å². The zero-order valence-corrected chi connectivity index (χ0v) is 20.6. The van der Waals surface area contributed by atoms with Gasteiger partial charge in [0.15, 0.2) is 16.8 Å². The van der Waals surface area contributed by atoms with Crippen molar-refractivity contribution < 1.29 is 9.53 Å². The molecule has 0 bridgehead atoms. The topological polar surface area (TPSA) is 61.9 Å². The van der Waals surface area contributed by atoms with Gasteiger partial charge in [0.05, 0.1) is 10.8 Å². The maximum atomic E-state index is 13.2. The molecule has 34 heavy (non-hydrogen) atoms. The van der Waals surface area contributed by atoms with Gasteiger partial charge < -0.3 is 9.30 Å². The molecule has 0 amide bonds. The fraction of sp³-hybridized carbons (Fsp3) is 0.269. The molecule has 0 radical (unpaired) electrons. The average molecular weight is 493 g/mol. The lowest BCUT2D eigenvalue weighted by molar-refractivity contribution is 0.102. The molecule has 4 aromatic rings. The number of aromatic nitrogens is 4. The van der Waals surface area contributed by atoms with Crippen LogP contribution >= 0.6 is 23.4 Å². The summed E-state index contributed by atoms with van der Waals surface area (Å²) in [4.78, 5) is 13.2. The fourth-order valence-electron chi connectivity index (χ4n) is 4.14. The standard InChI is InChI=1S/C26H25ClN4O2S/c1-17-14-21(18(2)30(17)19-8-4-3-5-9-19)23(32)16-34-26-29-28-25(31(26)20-12-13-20)15-33-24-11-7-6-10-22(24)27/h3-11,14,20H,12-13,15-16H2,1-2H3. The monoisotopic (exact) mass is 492 g/mol. The Labute approximate surface area is 207 Å². The first-order valence-electron chi connectivity index (χ1n) is 11.2. The van der Waals surface area contributed by atoms with E-state index >= 15 is 0 Å². The number of para-hydroxylation sites is 2. The summed E-state index contributed by atoms with van der Waals surface area (Å²) < 4.78 is 10.1. The van der Waals surface area contributed by atoms with E-state index in [4.69, 9.17) is 16.3 Å². The van der Waals surface area contributed by atoms with E-state index in [1.54, 1.807) is 6.07 Å². The molecule has 1 aliphatic carbocycles. The van der Waals surface area contributed by atoms with Crippen molar-refractivity contribution in [2.24, 2.45) is 0 Å². The minimum atomic E-state index is 0.0829. The molecule has 174 valence electrons. The minimum absolute atomic E-state index is 0.0829. The molecule has 1 fully saturated rings. The van der Waals surface area contributed by atoms with Crippen LogP contribution in [0.2, 0.25) is 5.02 Å². The molecule has 0 aliphatic heterocycles. The van der Waals surface area contributed by atoms with Gasteiger partial charge in [-0.15, -0.1) is 10.2 Å². The van der Waals surface area contributed by atoms with Crippen molar-refractivity contribution in [1.82, 2.24) is 19.3 Å². The van der Waals surface area contributed by atoms with Crippen molar-refractivity contribution in [2.45, 2.75) is 44.5 Å². The van der Waals surface area contributed by atoms with Gasteiger partial charge >= 0.3 is 0 Å². The summed E-state index contributed by atoms with van der Waals surface area (Å²) >= 11 is 7.64. The van der Waals surface area contributed by atoms with Crippen LogP contribution in [0.25, 0.3) is 5.69 Å². The summed E-state index contributed by atoms with van der Waals surface area (Å²) in [6, 6.07) is 19.8. The smallest absolute Gasteiger partial charge is 0.192 e. The lowest BCUT2D eigenvalue weighted by Crippen LogP contribution is -2.09. The molecule has 2 aromatic carbocycles. The fourth-order valence-corrected chi connectivity index (χ4v) is 5.23. The third-order valence-electron chi connectivity index (χ3n) is 5.92. The van der Waals surface area contributed by atoms with E-state index in [1.165, 1.54) is 11.8 Å². The number of hydrogen-bond acceptors (Lipinski definition) is 5. The quantitative estimate of drug-likeness (QED) is 0.205. The second kappa shape index (κ2) is 9.68. The zero-order valence-electron chi connectivity index (χ0n) is 19.1. The Hall–Kier alpha value is -3.03. The van der Waals surface area contributed by atoms with Gasteiger partial charge in [-0.05, 0) is 57.0 Å². The van der Waals surface area contributed by atoms with Gasteiger partial charge in [0.2, 0.25) is 0 Å². The van der Waals surface area contributed by atoms with Crippen LogP contribution in [-0.2, 0) is 6.61 Å². The molecule has 6 nitrogen and oxygen atoms in total. The molecule has 2 aromatic heterocycles. The van der Waals surface area contributed by atoms with Crippen molar-refractivity contribution in [3.63, 3.8) is 0 Å². The van der Waals surface area contributed by atoms with Crippen molar-refractivity contribution in [2.75, 3.05) is 5.75 Å². The summed E-state index contributed by atoms with van der Waals surface area (Å²) in [5.41, 5.74) is 3.79. The Morgan fingerprint density at radius 3 is 2.56 bits per heavy atom. The van der Waals surface area contributed by atoms with Crippen molar-refractivity contribution in [3.05, 3.63) is 88.5 Å². The molecule has 2 heterocycles. The first-order valence-corrected chi connectivity index (χ1v) is 12.6. The second-order valence-corrected chi connectivity index (χ2v) is 9.74. The summed E-state index contributed by atoms with van der Waals surface area (Å²) in [7, 11) is 0. The number of Topliss-reactive ketones (excluding diaryl/α,β-unsaturated/α-hetero) is 1. The second-order valence-electron chi connectivity index (χ2n) is 8.39. The average Bonchev–Trinajstić information content (AvgIpc) is 3.53. The molecule has 8 heteroatoms. The number of aryl methyl sites for hydroxylation is 1. The number of carbonyl (C=O) groups is 1. The molecule has 1 aliphatic rings. The van der Waals surface area contributed by atoms with Gasteiger partial charge in [-0.2, -0.15) is 0 Å². The van der Waals surface area contributed by atoms with E-state index < -0.39 is 0 Å². The van der Waals surface area contributed by atoms with Crippen molar-refractivity contribution in [1.29, 1.82) is 0 Å². The zero-order chi connectivity index (χ0) is 23.7. The molecule has 0 atom stereocenters. The molecule has 0 N–H and O–H groups in total.